The fourth-order valence-electron chi connectivity index (χ4n) is 9.94. The van der Waals surface area contributed by atoms with Gasteiger partial charge in [-0.2, -0.15) is 0 Å². The van der Waals surface area contributed by atoms with E-state index in [0.29, 0.717) is 25.0 Å². The highest BCUT2D eigenvalue weighted by molar-refractivity contribution is 5.87. The van der Waals surface area contributed by atoms with Gasteiger partial charge in [-0.1, -0.05) is 32.4 Å². The van der Waals surface area contributed by atoms with Gasteiger partial charge < -0.3 is 28.2 Å². The smallest absolute Gasteiger partial charge is 0.333 e. The molecule has 8 heteroatoms. The van der Waals surface area contributed by atoms with Gasteiger partial charge >= 0.3 is 11.9 Å². The van der Waals surface area contributed by atoms with Crippen molar-refractivity contribution >= 4 is 18.2 Å². The molecule has 2 saturated carbocycles. The van der Waals surface area contributed by atoms with Crippen LogP contribution in [0.2, 0.25) is 0 Å². The highest BCUT2D eigenvalue weighted by atomic mass is 16.6. The zero-order valence-corrected chi connectivity index (χ0v) is 25.1. The molecule has 6 rings (SSSR count). The van der Waals surface area contributed by atoms with E-state index in [1.165, 1.54) is 18.1 Å². The SMILES string of the molecule is C/C=C(\C)C(=O)O[C@H]1C[C@@H](OC(C)=O)[C@@]2(C)CO[C@@H]3C2[C@@]1(C)[C@@H](CC=O)[C@]1(C)C2=C(C)[C@H](c4ccoc4)CC2O[C@H]31. The molecule has 0 spiro atoms. The van der Waals surface area contributed by atoms with Crippen molar-refractivity contribution in [2.24, 2.45) is 28.1 Å². The van der Waals surface area contributed by atoms with Gasteiger partial charge in [-0.05, 0) is 50.3 Å². The van der Waals surface area contributed by atoms with Crippen LogP contribution in [0.15, 0.2) is 45.8 Å². The molecule has 3 heterocycles. The van der Waals surface area contributed by atoms with Gasteiger partial charge in [0.05, 0.1) is 37.4 Å². The van der Waals surface area contributed by atoms with Crippen LogP contribution in [-0.4, -0.2) is 55.4 Å². The van der Waals surface area contributed by atoms with Crippen molar-refractivity contribution in [3.8, 4) is 0 Å². The molecule has 2 saturated heterocycles. The molecule has 1 aromatic heterocycles. The Morgan fingerprint density at radius 1 is 1.12 bits per heavy atom. The number of hydrogen-bond acceptors (Lipinski definition) is 8. The lowest BCUT2D eigenvalue weighted by Gasteiger charge is -2.65. The first-order valence-electron chi connectivity index (χ1n) is 14.9. The first kappa shape index (κ1) is 28.4. The fraction of sp³-hybridized carbons (Fsp3) is 0.667. The van der Waals surface area contributed by atoms with E-state index in [2.05, 4.69) is 27.7 Å². The highest BCUT2D eigenvalue weighted by Gasteiger charge is 2.78. The van der Waals surface area contributed by atoms with Gasteiger partial charge in [-0.15, -0.1) is 0 Å². The van der Waals surface area contributed by atoms with Crippen molar-refractivity contribution in [1.82, 2.24) is 0 Å². The van der Waals surface area contributed by atoms with Gasteiger partial charge in [0.25, 0.3) is 0 Å². The monoisotopic (exact) mass is 566 g/mol. The lowest BCUT2D eigenvalue weighted by atomic mass is 9.40. The number of aldehydes is 1. The summed E-state index contributed by atoms with van der Waals surface area (Å²) in [7, 11) is 0. The predicted molar refractivity (Wildman–Crippen MR) is 149 cm³/mol. The number of rotatable bonds is 6. The maximum absolute atomic E-state index is 13.3. The number of esters is 2. The molecule has 0 radical (unpaired) electrons. The summed E-state index contributed by atoms with van der Waals surface area (Å²) in [6, 6.07) is 2.01. The molecule has 0 N–H and O–H groups in total. The van der Waals surface area contributed by atoms with Crippen molar-refractivity contribution < 1.29 is 37.7 Å². The van der Waals surface area contributed by atoms with Crippen LogP contribution in [0.25, 0.3) is 0 Å². The quantitative estimate of drug-likeness (QED) is 0.197. The Bertz CT molecular complexity index is 1310. The van der Waals surface area contributed by atoms with Gasteiger partial charge in [0.1, 0.15) is 18.5 Å². The molecular weight excluding hydrogens is 524 g/mol. The molecule has 0 bridgehead atoms. The molecule has 0 amide bonds. The summed E-state index contributed by atoms with van der Waals surface area (Å²) in [5, 5.41) is 0. The summed E-state index contributed by atoms with van der Waals surface area (Å²) in [4.78, 5) is 38.1. The van der Waals surface area contributed by atoms with Gasteiger partial charge in [-0.3, -0.25) is 4.79 Å². The molecule has 5 aliphatic rings. The van der Waals surface area contributed by atoms with Crippen LogP contribution >= 0.6 is 0 Å². The third-order valence-corrected chi connectivity index (χ3v) is 11.7. The molecule has 4 fully saturated rings. The van der Waals surface area contributed by atoms with Crippen molar-refractivity contribution in [3.05, 3.63) is 47.0 Å². The van der Waals surface area contributed by atoms with Crippen LogP contribution in [0.3, 0.4) is 0 Å². The van der Waals surface area contributed by atoms with Gasteiger partial charge in [0.15, 0.2) is 0 Å². The summed E-state index contributed by atoms with van der Waals surface area (Å²) in [6.45, 7) is 14.1. The summed E-state index contributed by atoms with van der Waals surface area (Å²) >= 11 is 0. The topological polar surface area (TPSA) is 101 Å². The molecule has 41 heavy (non-hydrogen) atoms. The van der Waals surface area contributed by atoms with E-state index in [1.54, 1.807) is 25.5 Å². The Hall–Kier alpha value is -2.71. The molecule has 11 atom stereocenters. The summed E-state index contributed by atoms with van der Waals surface area (Å²) < 4.78 is 31.4. The maximum atomic E-state index is 13.3. The maximum Gasteiger partial charge on any atom is 0.333 e. The van der Waals surface area contributed by atoms with Crippen LogP contribution < -0.4 is 0 Å². The second-order valence-electron chi connectivity index (χ2n) is 13.5. The van der Waals surface area contributed by atoms with E-state index in [1.807, 2.05) is 13.0 Å². The van der Waals surface area contributed by atoms with Gasteiger partial charge in [0.2, 0.25) is 0 Å². The third-order valence-electron chi connectivity index (χ3n) is 11.7. The van der Waals surface area contributed by atoms with Crippen LogP contribution in [0, 0.1) is 28.1 Å². The zero-order valence-electron chi connectivity index (χ0n) is 25.1. The molecule has 222 valence electrons. The van der Waals surface area contributed by atoms with Crippen molar-refractivity contribution in [2.45, 2.75) is 104 Å². The highest BCUT2D eigenvalue weighted by Crippen LogP contribution is 2.73. The molecule has 2 aliphatic heterocycles. The second-order valence-corrected chi connectivity index (χ2v) is 13.5. The lowest BCUT2D eigenvalue weighted by molar-refractivity contribution is -0.249. The Balaban J connectivity index is 1.52. The number of ether oxygens (including phenoxy) is 4. The minimum atomic E-state index is -0.651. The number of carbonyl (C=O) groups excluding carboxylic acids is 3. The van der Waals surface area contributed by atoms with Gasteiger partial charge in [0, 0.05) is 53.4 Å². The molecule has 2 unspecified atom stereocenters. The number of allylic oxidation sites excluding steroid dienone is 2. The standard InChI is InChI=1S/C33H42O8/c1-8-17(2)30(36)41-25-14-24(39-19(4)35)31(5)16-38-27-28(31)32(25,6)23(9-11-34)33(7)26-18(3)21(20-10-12-37-15-20)13-22(26)40-29(27)33/h8,10-12,15,21-25,27-29H,9,13-14,16H2,1-7H3/b17-8+/t21-,22?,23-,24-,25+,27-,28?,29-,31-,32+,33-/m1/s1. The molecule has 8 nitrogen and oxygen atoms in total. The molecule has 0 aromatic carbocycles. The number of fused-ring (bicyclic) bond motifs is 4. The van der Waals surface area contributed by atoms with Crippen LogP contribution in [0.5, 0.6) is 0 Å². The average molecular weight is 567 g/mol. The zero-order chi connectivity index (χ0) is 29.5. The number of hydrogen-bond donors (Lipinski definition) is 0. The number of carbonyl (C=O) groups is 3. The Kier molecular flexibility index (Phi) is 6.70. The first-order valence-corrected chi connectivity index (χ1v) is 14.9. The molecule has 3 aliphatic carbocycles. The van der Waals surface area contributed by atoms with E-state index >= 15 is 0 Å². The third kappa shape index (κ3) is 3.75. The van der Waals surface area contributed by atoms with Crippen LogP contribution in [0.1, 0.15) is 79.2 Å². The van der Waals surface area contributed by atoms with Crippen LogP contribution in [-0.2, 0) is 33.3 Å². The van der Waals surface area contributed by atoms with Crippen molar-refractivity contribution in [1.29, 1.82) is 0 Å². The van der Waals surface area contributed by atoms with E-state index in [0.717, 1.165) is 18.3 Å². The fourth-order valence-corrected chi connectivity index (χ4v) is 9.94. The molecule has 1 aromatic rings. The van der Waals surface area contributed by atoms with Crippen molar-refractivity contribution in [2.75, 3.05) is 6.61 Å². The van der Waals surface area contributed by atoms with E-state index in [9.17, 15) is 14.4 Å². The Morgan fingerprint density at radius 3 is 2.51 bits per heavy atom. The Morgan fingerprint density at radius 2 is 1.88 bits per heavy atom. The summed E-state index contributed by atoms with van der Waals surface area (Å²) in [6.07, 6.45) is 5.91. The average Bonchev–Trinajstić information content (AvgIpc) is 3.69. The minimum absolute atomic E-state index is 0.103. The Labute approximate surface area is 241 Å². The largest absolute Gasteiger partial charge is 0.472 e. The lowest BCUT2D eigenvalue weighted by Crippen LogP contribution is -2.71. The van der Waals surface area contributed by atoms with E-state index in [-0.39, 0.29) is 42.0 Å². The number of furan rings is 1. The summed E-state index contributed by atoms with van der Waals surface area (Å²) in [5.41, 5.74) is 2.43. The summed E-state index contributed by atoms with van der Waals surface area (Å²) in [5.74, 6) is -0.951. The second kappa shape index (κ2) is 9.66. The minimum Gasteiger partial charge on any atom is -0.472 e. The van der Waals surface area contributed by atoms with Crippen molar-refractivity contribution in [3.63, 3.8) is 0 Å². The first-order chi connectivity index (χ1) is 19.4. The van der Waals surface area contributed by atoms with E-state index in [4.69, 9.17) is 23.4 Å². The van der Waals surface area contributed by atoms with Crippen LogP contribution in [0.4, 0.5) is 0 Å². The normalized spacial score (nSPS) is 44.7. The predicted octanol–water partition coefficient (Wildman–Crippen LogP) is 5.32. The molecular formula is C33H42O8. The van der Waals surface area contributed by atoms with Gasteiger partial charge in [-0.25, -0.2) is 4.79 Å². The van der Waals surface area contributed by atoms with E-state index < -0.39 is 34.4 Å².